The van der Waals surface area contributed by atoms with Crippen LogP contribution in [0.25, 0.3) is 11.1 Å². The number of aromatic nitrogens is 1. The van der Waals surface area contributed by atoms with Gasteiger partial charge in [0, 0.05) is 34.2 Å². The predicted octanol–water partition coefficient (Wildman–Crippen LogP) is 4.33. The summed E-state index contributed by atoms with van der Waals surface area (Å²) in [5.74, 6) is 0.262. The lowest BCUT2D eigenvalue weighted by atomic mass is 10.1. The van der Waals surface area contributed by atoms with E-state index in [0.29, 0.717) is 5.56 Å². The largest absolute Gasteiger partial charge is 0.508 e. The molecule has 1 heterocycles. The molecule has 0 atom stereocenters. The second kappa shape index (κ2) is 8.93. The number of aromatic hydroxyl groups is 2. The number of alkyl halides is 2. The maximum atomic E-state index is 9.55. The molecule has 5 heteroatoms. The lowest BCUT2D eigenvalue weighted by molar-refractivity contribution is 0.462. The van der Waals surface area contributed by atoms with Crippen molar-refractivity contribution in [3.63, 3.8) is 0 Å². The first-order chi connectivity index (χ1) is 9.19. The van der Waals surface area contributed by atoms with Crippen molar-refractivity contribution in [2.75, 3.05) is 10.7 Å². The van der Waals surface area contributed by atoms with E-state index < -0.39 is 0 Å². The van der Waals surface area contributed by atoms with Crippen molar-refractivity contribution in [1.82, 2.24) is 4.98 Å². The average molecular weight is 389 g/mol. The van der Waals surface area contributed by atoms with E-state index in [1.54, 1.807) is 18.5 Å². The maximum Gasteiger partial charge on any atom is 0.123 e. The molecule has 19 heavy (non-hydrogen) atoms. The number of phenolic OH excluding ortho intramolecular Hbond substituents is 2. The molecule has 0 saturated heterocycles. The van der Waals surface area contributed by atoms with Gasteiger partial charge in [-0.15, -0.1) is 0 Å². The molecule has 102 valence electrons. The van der Waals surface area contributed by atoms with E-state index in [-0.39, 0.29) is 11.5 Å². The molecule has 0 radical (unpaired) electrons. The van der Waals surface area contributed by atoms with Gasteiger partial charge in [0.15, 0.2) is 0 Å². The molecule has 0 spiro atoms. The Bertz CT molecular complexity index is 490. The van der Waals surface area contributed by atoms with Crippen molar-refractivity contribution >= 4 is 31.9 Å². The minimum Gasteiger partial charge on any atom is -0.508 e. The summed E-state index contributed by atoms with van der Waals surface area (Å²) in [5, 5.41) is 21.0. The number of pyridine rings is 1. The average Bonchev–Trinajstić information content (AvgIpc) is 2.44. The summed E-state index contributed by atoms with van der Waals surface area (Å²) in [5.41, 5.74) is 1.36. The predicted molar refractivity (Wildman–Crippen MR) is 85.2 cm³/mol. The first-order valence-electron chi connectivity index (χ1n) is 5.73. The van der Waals surface area contributed by atoms with Gasteiger partial charge in [-0.3, -0.25) is 4.98 Å². The van der Waals surface area contributed by atoms with Crippen LogP contribution in [0.1, 0.15) is 6.42 Å². The summed E-state index contributed by atoms with van der Waals surface area (Å²) in [6.07, 6.45) is 4.51. The first-order valence-corrected chi connectivity index (χ1v) is 7.97. The van der Waals surface area contributed by atoms with Gasteiger partial charge >= 0.3 is 0 Å². The van der Waals surface area contributed by atoms with Crippen molar-refractivity contribution in [3.05, 3.63) is 42.7 Å². The van der Waals surface area contributed by atoms with E-state index in [4.69, 9.17) is 0 Å². The number of hydrogen-bond donors (Lipinski definition) is 2. The minimum atomic E-state index is 0.127. The topological polar surface area (TPSA) is 53.4 Å². The van der Waals surface area contributed by atoms with Gasteiger partial charge in [-0.1, -0.05) is 37.9 Å². The summed E-state index contributed by atoms with van der Waals surface area (Å²) in [6, 6.07) is 8.00. The second-order valence-corrected chi connectivity index (χ2v) is 5.26. The smallest absolute Gasteiger partial charge is 0.123 e. The summed E-state index contributed by atoms with van der Waals surface area (Å²) in [6.45, 7) is 0. The number of phenols is 2. The van der Waals surface area contributed by atoms with Crippen LogP contribution < -0.4 is 0 Å². The molecule has 0 aliphatic heterocycles. The molecule has 0 aliphatic rings. The van der Waals surface area contributed by atoms with Crippen molar-refractivity contribution in [2.24, 2.45) is 0 Å². The van der Waals surface area contributed by atoms with Crippen LogP contribution in [0.4, 0.5) is 0 Å². The van der Waals surface area contributed by atoms with Gasteiger partial charge in [0.2, 0.25) is 0 Å². The van der Waals surface area contributed by atoms with E-state index in [1.807, 2.05) is 6.07 Å². The van der Waals surface area contributed by atoms with Crippen LogP contribution >= 0.6 is 31.9 Å². The summed E-state index contributed by atoms with van der Waals surface area (Å²) >= 11 is 6.56. The van der Waals surface area contributed by atoms with Crippen molar-refractivity contribution < 1.29 is 10.2 Å². The van der Waals surface area contributed by atoms with Gasteiger partial charge in [-0.2, -0.15) is 0 Å². The molecule has 0 bridgehead atoms. The standard InChI is InChI=1S/C11H9NO2.C3H6Br2/c13-9-3-4-11(14)10(6-9)8-2-1-5-12-7-8;4-2-1-3-5/h1-7,13-14H;1-3H2. The number of hydrogen-bond acceptors (Lipinski definition) is 3. The Kier molecular flexibility index (Phi) is 7.52. The Morgan fingerprint density at radius 3 is 2.32 bits per heavy atom. The van der Waals surface area contributed by atoms with Gasteiger partial charge < -0.3 is 10.2 Å². The SMILES string of the molecule is BrCCCBr.Oc1ccc(O)c(-c2cccnc2)c1. The number of halogens is 2. The fraction of sp³-hybridized carbons (Fsp3) is 0.214. The zero-order chi connectivity index (χ0) is 14.1. The molecule has 2 N–H and O–H groups in total. The third-order valence-corrected chi connectivity index (χ3v) is 3.34. The molecule has 2 rings (SSSR count). The molecule has 3 nitrogen and oxygen atoms in total. The van der Waals surface area contributed by atoms with Crippen molar-refractivity contribution in [3.8, 4) is 22.6 Å². The Morgan fingerprint density at radius 2 is 1.79 bits per heavy atom. The van der Waals surface area contributed by atoms with Crippen molar-refractivity contribution in [2.45, 2.75) is 6.42 Å². The minimum absolute atomic E-state index is 0.127. The summed E-state index contributed by atoms with van der Waals surface area (Å²) < 4.78 is 0. The molecular formula is C14H15Br2NO2. The monoisotopic (exact) mass is 387 g/mol. The molecule has 1 aromatic heterocycles. The zero-order valence-corrected chi connectivity index (χ0v) is 13.4. The number of rotatable bonds is 3. The highest BCUT2D eigenvalue weighted by Gasteiger charge is 2.04. The van der Waals surface area contributed by atoms with Gasteiger partial charge in [0.1, 0.15) is 11.5 Å². The molecule has 0 amide bonds. The summed E-state index contributed by atoms with van der Waals surface area (Å²) in [4.78, 5) is 3.94. The van der Waals surface area contributed by atoms with Crippen LogP contribution in [0.3, 0.4) is 0 Å². The normalized spacial score (nSPS) is 9.58. The maximum absolute atomic E-state index is 9.55. The third-order valence-electron chi connectivity index (χ3n) is 2.22. The molecule has 0 fully saturated rings. The Morgan fingerprint density at radius 1 is 1.05 bits per heavy atom. The van der Waals surface area contributed by atoms with E-state index in [1.165, 1.54) is 24.6 Å². The quantitative estimate of drug-likeness (QED) is 0.607. The van der Waals surface area contributed by atoms with Gasteiger partial charge in [0.25, 0.3) is 0 Å². The second-order valence-electron chi connectivity index (χ2n) is 3.67. The van der Waals surface area contributed by atoms with Crippen molar-refractivity contribution in [1.29, 1.82) is 0 Å². The fourth-order valence-electron chi connectivity index (χ4n) is 1.33. The highest BCUT2D eigenvalue weighted by atomic mass is 79.9. The Labute approximate surface area is 129 Å². The summed E-state index contributed by atoms with van der Waals surface area (Å²) in [7, 11) is 0. The van der Waals surface area contributed by atoms with Crippen LogP contribution in [-0.2, 0) is 0 Å². The van der Waals surface area contributed by atoms with Crippen LogP contribution in [-0.4, -0.2) is 25.9 Å². The number of nitrogens with zero attached hydrogens (tertiary/aromatic N) is 1. The fourth-order valence-corrected chi connectivity index (χ4v) is 2.64. The highest BCUT2D eigenvalue weighted by Crippen LogP contribution is 2.31. The van der Waals surface area contributed by atoms with E-state index in [2.05, 4.69) is 36.8 Å². The van der Waals surface area contributed by atoms with Crippen LogP contribution in [0.15, 0.2) is 42.7 Å². The molecule has 0 saturated carbocycles. The van der Waals surface area contributed by atoms with Gasteiger partial charge in [-0.05, 0) is 30.7 Å². The van der Waals surface area contributed by atoms with Crippen LogP contribution in [0, 0.1) is 0 Å². The zero-order valence-electron chi connectivity index (χ0n) is 10.3. The number of benzene rings is 1. The lowest BCUT2D eigenvalue weighted by Crippen LogP contribution is -1.80. The van der Waals surface area contributed by atoms with E-state index in [0.717, 1.165) is 16.2 Å². The highest BCUT2D eigenvalue weighted by molar-refractivity contribution is 9.09. The first kappa shape index (κ1) is 16.0. The molecule has 2 aromatic rings. The molecule has 1 aromatic carbocycles. The Balaban J connectivity index is 0.000000312. The van der Waals surface area contributed by atoms with E-state index >= 15 is 0 Å². The van der Waals surface area contributed by atoms with Crippen LogP contribution in [0.2, 0.25) is 0 Å². The lowest BCUT2D eigenvalue weighted by Gasteiger charge is -2.04. The third kappa shape index (κ3) is 5.61. The molecular weight excluding hydrogens is 374 g/mol. The van der Waals surface area contributed by atoms with Gasteiger partial charge in [0.05, 0.1) is 0 Å². The Hall–Kier alpha value is -1.07. The molecule has 0 aliphatic carbocycles. The van der Waals surface area contributed by atoms with Crippen LogP contribution in [0.5, 0.6) is 11.5 Å². The van der Waals surface area contributed by atoms with Gasteiger partial charge in [-0.25, -0.2) is 0 Å². The molecule has 0 unspecified atom stereocenters. The van der Waals surface area contributed by atoms with E-state index in [9.17, 15) is 10.2 Å².